The topological polar surface area (TPSA) is 56.5 Å². The predicted octanol–water partition coefficient (Wildman–Crippen LogP) is 2.61. The molecule has 3 N–H and O–H groups in total. The fraction of sp³-hybridized carbons (Fsp3) is 0.625. The van der Waals surface area contributed by atoms with Crippen molar-refractivity contribution in [1.29, 1.82) is 0 Å². The number of methoxy groups -OCH3 is 1. The summed E-state index contributed by atoms with van der Waals surface area (Å²) in [7, 11) is 1.80. The molecule has 1 aromatic carbocycles. The van der Waals surface area contributed by atoms with Crippen molar-refractivity contribution in [3.8, 4) is 5.75 Å². The van der Waals surface area contributed by atoms with Crippen molar-refractivity contribution in [3.05, 3.63) is 28.3 Å². The van der Waals surface area contributed by atoms with Crippen LogP contribution in [0, 0.1) is 0 Å². The first-order valence-electron chi connectivity index (χ1n) is 7.61. The number of hydrazine groups is 1. The first-order chi connectivity index (χ1) is 10.2. The van der Waals surface area contributed by atoms with Crippen molar-refractivity contribution in [2.75, 3.05) is 13.7 Å². The Kier molecular flexibility index (Phi) is 4.41. The van der Waals surface area contributed by atoms with Crippen LogP contribution < -0.4 is 16.0 Å². The number of benzene rings is 1. The summed E-state index contributed by atoms with van der Waals surface area (Å²) in [6, 6.07) is 4.16. The summed E-state index contributed by atoms with van der Waals surface area (Å²) in [6.07, 6.45) is 6.13. The fourth-order valence-electron chi connectivity index (χ4n) is 3.46. The van der Waals surface area contributed by atoms with Gasteiger partial charge < -0.3 is 9.47 Å². The van der Waals surface area contributed by atoms with Crippen LogP contribution in [0.4, 0.5) is 0 Å². The number of halogens is 1. The molecular weight excluding hydrogens is 288 g/mol. The number of nitrogens with two attached hydrogens (primary N) is 1. The highest BCUT2D eigenvalue weighted by molar-refractivity contribution is 6.30. The Morgan fingerprint density at radius 1 is 1.48 bits per heavy atom. The van der Waals surface area contributed by atoms with E-state index in [1.165, 1.54) is 12.0 Å². The van der Waals surface area contributed by atoms with E-state index < -0.39 is 0 Å². The molecule has 0 radical (unpaired) electrons. The zero-order valence-electron chi connectivity index (χ0n) is 12.5. The average Bonchev–Trinajstić information content (AvgIpc) is 2.89. The quantitative estimate of drug-likeness (QED) is 0.626. The standard InChI is InChI=1S/C16H23ClN2O2/c1-20-16(4-2-5-16)10-14(19-18)9-12-8-13(17)7-11-3-6-21-15(11)12/h7-8,14,19H,2-6,9-10,18H2,1H3. The van der Waals surface area contributed by atoms with E-state index in [2.05, 4.69) is 5.43 Å². The highest BCUT2D eigenvalue weighted by atomic mass is 35.5. The zero-order chi connectivity index (χ0) is 14.9. The summed E-state index contributed by atoms with van der Waals surface area (Å²) < 4.78 is 11.5. The van der Waals surface area contributed by atoms with Crippen LogP contribution in [0.15, 0.2) is 12.1 Å². The molecule has 4 nitrogen and oxygen atoms in total. The lowest BCUT2D eigenvalue weighted by molar-refractivity contribution is -0.0834. The van der Waals surface area contributed by atoms with Crippen LogP contribution in [-0.4, -0.2) is 25.4 Å². The molecule has 1 aromatic rings. The maximum atomic E-state index is 6.22. The SMILES string of the molecule is COC1(CC(Cc2cc(Cl)cc3c2OCC3)NN)CCC1. The van der Waals surface area contributed by atoms with E-state index in [0.29, 0.717) is 0 Å². The summed E-state index contributed by atoms with van der Waals surface area (Å²) in [6.45, 7) is 0.741. The van der Waals surface area contributed by atoms with Gasteiger partial charge in [-0.05, 0) is 55.4 Å². The molecule has 0 bridgehead atoms. The van der Waals surface area contributed by atoms with E-state index in [1.807, 2.05) is 12.1 Å². The molecular formula is C16H23ClN2O2. The van der Waals surface area contributed by atoms with Crippen LogP contribution in [0.25, 0.3) is 0 Å². The normalized spacial score (nSPS) is 20.5. The van der Waals surface area contributed by atoms with Crippen molar-refractivity contribution < 1.29 is 9.47 Å². The maximum Gasteiger partial charge on any atom is 0.125 e. The third kappa shape index (κ3) is 3.04. The molecule has 1 aliphatic heterocycles. The number of rotatable bonds is 6. The average molecular weight is 311 g/mol. The van der Waals surface area contributed by atoms with E-state index in [0.717, 1.165) is 55.0 Å². The molecule has 2 aliphatic rings. The van der Waals surface area contributed by atoms with Crippen LogP contribution >= 0.6 is 11.6 Å². The number of hydrogen-bond donors (Lipinski definition) is 2. The highest BCUT2D eigenvalue weighted by Crippen LogP contribution is 2.40. The van der Waals surface area contributed by atoms with Gasteiger partial charge in [0.05, 0.1) is 12.2 Å². The Balaban J connectivity index is 1.75. The number of fused-ring (bicyclic) bond motifs is 1. The van der Waals surface area contributed by atoms with Crippen molar-refractivity contribution in [2.24, 2.45) is 5.84 Å². The third-order valence-electron chi connectivity index (χ3n) is 4.84. The summed E-state index contributed by atoms with van der Waals surface area (Å²) in [4.78, 5) is 0. The van der Waals surface area contributed by atoms with Crippen molar-refractivity contribution >= 4 is 11.6 Å². The number of hydrogen-bond acceptors (Lipinski definition) is 4. The molecule has 21 heavy (non-hydrogen) atoms. The first kappa shape index (κ1) is 15.1. The molecule has 0 spiro atoms. The minimum Gasteiger partial charge on any atom is -0.493 e. The van der Waals surface area contributed by atoms with Crippen LogP contribution in [0.2, 0.25) is 5.02 Å². The summed E-state index contributed by atoms with van der Waals surface area (Å²) >= 11 is 6.22. The van der Waals surface area contributed by atoms with Gasteiger partial charge in [-0.15, -0.1) is 0 Å². The Morgan fingerprint density at radius 3 is 2.90 bits per heavy atom. The van der Waals surface area contributed by atoms with E-state index in [-0.39, 0.29) is 11.6 Å². The molecule has 5 heteroatoms. The third-order valence-corrected chi connectivity index (χ3v) is 5.06. The van der Waals surface area contributed by atoms with Crippen LogP contribution in [0.1, 0.15) is 36.8 Å². The fourth-order valence-corrected chi connectivity index (χ4v) is 3.73. The molecule has 1 atom stereocenters. The molecule has 1 saturated carbocycles. The monoisotopic (exact) mass is 310 g/mol. The van der Waals surface area contributed by atoms with E-state index >= 15 is 0 Å². The maximum absolute atomic E-state index is 6.22. The number of ether oxygens (including phenoxy) is 2. The van der Waals surface area contributed by atoms with Gasteiger partial charge in [-0.3, -0.25) is 11.3 Å². The molecule has 116 valence electrons. The van der Waals surface area contributed by atoms with Gasteiger partial charge in [0, 0.05) is 24.6 Å². The van der Waals surface area contributed by atoms with Gasteiger partial charge in [-0.2, -0.15) is 0 Å². The molecule has 3 rings (SSSR count). The van der Waals surface area contributed by atoms with Crippen molar-refractivity contribution in [1.82, 2.24) is 5.43 Å². The lowest BCUT2D eigenvalue weighted by Crippen LogP contribution is -2.48. The second-order valence-electron chi connectivity index (χ2n) is 6.16. The smallest absolute Gasteiger partial charge is 0.125 e. The van der Waals surface area contributed by atoms with Crippen LogP contribution in [0.3, 0.4) is 0 Å². The molecule has 0 aromatic heterocycles. The van der Waals surface area contributed by atoms with Gasteiger partial charge in [0.2, 0.25) is 0 Å². The van der Waals surface area contributed by atoms with Gasteiger partial charge >= 0.3 is 0 Å². The number of nitrogens with one attached hydrogen (secondary N) is 1. The molecule has 1 aliphatic carbocycles. The lowest BCUT2D eigenvalue weighted by Gasteiger charge is -2.42. The van der Waals surface area contributed by atoms with Gasteiger partial charge in [-0.1, -0.05) is 11.6 Å². The molecule has 0 saturated heterocycles. The van der Waals surface area contributed by atoms with Gasteiger partial charge in [0.1, 0.15) is 5.75 Å². The Hall–Kier alpha value is -0.810. The molecule has 0 amide bonds. The van der Waals surface area contributed by atoms with Crippen LogP contribution in [0.5, 0.6) is 5.75 Å². The first-order valence-corrected chi connectivity index (χ1v) is 7.99. The highest BCUT2D eigenvalue weighted by Gasteiger charge is 2.39. The Labute approximate surface area is 130 Å². The van der Waals surface area contributed by atoms with Gasteiger partial charge in [0.15, 0.2) is 0 Å². The van der Waals surface area contributed by atoms with E-state index in [9.17, 15) is 0 Å². The van der Waals surface area contributed by atoms with E-state index in [1.54, 1.807) is 7.11 Å². The molecule has 1 unspecified atom stereocenters. The summed E-state index contributed by atoms with van der Waals surface area (Å²) in [5.41, 5.74) is 5.29. The largest absolute Gasteiger partial charge is 0.493 e. The summed E-state index contributed by atoms with van der Waals surface area (Å²) in [5.74, 6) is 6.76. The minimum absolute atomic E-state index is 0.000356. The second kappa shape index (κ2) is 6.13. The Morgan fingerprint density at radius 2 is 2.29 bits per heavy atom. The molecule has 1 heterocycles. The molecule has 1 fully saturated rings. The Bertz CT molecular complexity index is 512. The van der Waals surface area contributed by atoms with Gasteiger partial charge in [0.25, 0.3) is 0 Å². The van der Waals surface area contributed by atoms with Gasteiger partial charge in [-0.25, -0.2) is 0 Å². The summed E-state index contributed by atoms with van der Waals surface area (Å²) in [5, 5.41) is 0.773. The van der Waals surface area contributed by atoms with Crippen molar-refractivity contribution in [3.63, 3.8) is 0 Å². The van der Waals surface area contributed by atoms with Crippen molar-refractivity contribution in [2.45, 2.75) is 50.2 Å². The second-order valence-corrected chi connectivity index (χ2v) is 6.60. The predicted molar refractivity (Wildman–Crippen MR) is 83.7 cm³/mol. The minimum atomic E-state index is -0.000356. The van der Waals surface area contributed by atoms with E-state index in [4.69, 9.17) is 26.9 Å². The zero-order valence-corrected chi connectivity index (χ0v) is 13.2. The van der Waals surface area contributed by atoms with Crippen LogP contribution in [-0.2, 0) is 17.6 Å². The lowest BCUT2D eigenvalue weighted by atomic mass is 9.75.